The van der Waals surface area contributed by atoms with Gasteiger partial charge in [-0.25, -0.2) is 8.42 Å². The van der Waals surface area contributed by atoms with E-state index in [1.54, 1.807) is 0 Å². The first-order valence-electron chi connectivity index (χ1n) is 6.12. The molecule has 1 fully saturated rings. The molecule has 100 valence electrons. The summed E-state index contributed by atoms with van der Waals surface area (Å²) in [5.41, 5.74) is -0.297. The zero-order chi connectivity index (χ0) is 13.3. The molecule has 2 rings (SSSR count). The van der Waals surface area contributed by atoms with Crippen molar-refractivity contribution in [2.45, 2.75) is 37.6 Å². The standard InChI is InChI=1S/C12H18N2O3S/c1-9-3-4-10(2)14(8-9)18(16,17)11-5-6-12(15)13-7-11/h5-7,9-10H,3-4,8H2,1-2H3,(H,13,15). The lowest BCUT2D eigenvalue weighted by Gasteiger charge is -2.35. The average molecular weight is 270 g/mol. The van der Waals surface area contributed by atoms with Crippen LogP contribution in [0.1, 0.15) is 26.7 Å². The fourth-order valence-electron chi connectivity index (χ4n) is 2.28. The van der Waals surface area contributed by atoms with E-state index in [4.69, 9.17) is 0 Å². The average Bonchev–Trinajstić information content (AvgIpc) is 2.32. The number of H-pyrrole nitrogens is 1. The number of piperidine rings is 1. The SMILES string of the molecule is CC1CCC(C)N(S(=O)(=O)c2ccc(=O)[nH]c2)C1. The van der Waals surface area contributed by atoms with Crippen LogP contribution in [0.3, 0.4) is 0 Å². The minimum atomic E-state index is -3.50. The van der Waals surface area contributed by atoms with Gasteiger partial charge in [-0.3, -0.25) is 4.79 Å². The van der Waals surface area contributed by atoms with Crippen LogP contribution in [0.15, 0.2) is 28.0 Å². The van der Waals surface area contributed by atoms with E-state index < -0.39 is 10.0 Å². The Labute approximate surface area is 107 Å². The molecule has 2 atom stereocenters. The highest BCUT2D eigenvalue weighted by Gasteiger charge is 2.33. The molecular formula is C12H18N2O3S. The van der Waals surface area contributed by atoms with Crippen molar-refractivity contribution in [2.75, 3.05) is 6.54 Å². The van der Waals surface area contributed by atoms with Crippen LogP contribution in [-0.2, 0) is 10.0 Å². The Morgan fingerprint density at radius 2 is 2.00 bits per heavy atom. The van der Waals surface area contributed by atoms with Crippen LogP contribution < -0.4 is 5.56 Å². The molecule has 0 saturated carbocycles. The van der Waals surface area contributed by atoms with E-state index >= 15 is 0 Å². The van der Waals surface area contributed by atoms with Gasteiger partial charge in [0.15, 0.2) is 0 Å². The summed E-state index contributed by atoms with van der Waals surface area (Å²) in [6.45, 7) is 4.53. The Bertz CT molecular complexity index is 559. The van der Waals surface area contributed by atoms with Crippen molar-refractivity contribution in [3.63, 3.8) is 0 Å². The second-order valence-electron chi connectivity index (χ2n) is 4.99. The van der Waals surface area contributed by atoms with E-state index in [9.17, 15) is 13.2 Å². The third kappa shape index (κ3) is 2.49. The van der Waals surface area contributed by atoms with Gasteiger partial charge in [0.2, 0.25) is 15.6 Å². The number of aromatic amines is 1. The second-order valence-corrected chi connectivity index (χ2v) is 6.89. The fourth-order valence-corrected chi connectivity index (χ4v) is 4.02. The molecule has 0 aliphatic carbocycles. The first kappa shape index (κ1) is 13.3. The van der Waals surface area contributed by atoms with Crippen molar-refractivity contribution < 1.29 is 8.42 Å². The number of pyridine rings is 1. The monoisotopic (exact) mass is 270 g/mol. The van der Waals surface area contributed by atoms with Crippen LogP contribution in [0.4, 0.5) is 0 Å². The molecule has 1 aromatic rings. The smallest absolute Gasteiger partial charge is 0.247 e. The van der Waals surface area contributed by atoms with Crippen molar-refractivity contribution in [3.05, 3.63) is 28.7 Å². The van der Waals surface area contributed by atoms with Gasteiger partial charge in [0.05, 0.1) is 4.90 Å². The van der Waals surface area contributed by atoms with Gasteiger partial charge in [0, 0.05) is 24.8 Å². The summed E-state index contributed by atoms with van der Waals surface area (Å²) in [7, 11) is -3.50. The van der Waals surface area contributed by atoms with Crippen LogP contribution in [0, 0.1) is 5.92 Å². The number of nitrogens with one attached hydrogen (secondary N) is 1. The number of aromatic nitrogens is 1. The highest BCUT2D eigenvalue weighted by atomic mass is 32.2. The summed E-state index contributed by atoms with van der Waals surface area (Å²) in [4.78, 5) is 13.5. The van der Waals surface area contributed by atoms with E-state index in [0.717, 1.165) is 12.8 Å². The van der Waals surface area contributed by atoms with E-state index in [-0.39, 0.29) is 16.5 Å². The topological polar surface area (TPSA) is 70.2 Å². The highest BCUT2D eigenvalue weighted by Crippen LogP contribution is 2.27. The summed E-state index contributed by atoms with van der Waals surface area (Å²) in [6, 6.07) is 2.61. The maximum atomic E-state index is 12.5. The lowest BCUT2D eigenvalue weighted by molar-refractivity contribution is 0.218. The van der Waals surface area contributed by atoms with E-state index in [2.05, 4.69) is 11.9 Å². The molecular weight excluding hydrogens is 252 g/mol. The van der Waals surface area contributed by atoms with Gasteiger partial charge in [-0.05, 0) is 31.7 Å². The zero-order valence-corrected chi connectivity index (χ0v) is 11.4. The molecule has 0 aromatic carbocycles. The highest BCUT2D eigenvalue weighted by molar-refractivity contribution is 7.89. The first-order chi connectivity index (χ1) is 8.41. The first-order valence-corrected chi connectivity index (χ1v) is 7.56. The maximum Gasteiger partial charge on any atom is 0.247 e. The van der Waals surface area contributed by atoms with Crippen LogP contribution in [0.5, 0.6) is 0 Å². The molecule has 5 nitrogen and oxygen atoms in total. The van der Waals surface area contributed by atoms with Crippen LogP contribution in [0.25, 0.3) is 0 Å². The molecule has 0 bridgehead atoms. The van der Waals surface area contributed by atoms with Gasteiger partial charge in [0.1, 0.15) is 0 Å². The van der Waals surface area contributed by atoms with Gasteiger partial charge >= 0.3 is 0 Å². The quantitative estimate of drug-likeness (QED) is 0.877. The summed E-state index contributed by atoms with van der Waals surface area (Å²) in [5, 5.41) is 0. The zero-order valence-electron chi connectivity index (χ0n) is 10.6. The molecule has 0 radical (unpaired) electrons. The molecule has 1 aromatic heterocycles. The normalized spacial score (nSPS) is 26.1. The Hall–Kier alpha value is -1.14. The number of sulfonamides is 1. The van der Waals surface area contributed by atoms with Crippen molar-refractivity contribution in [1.29, 1.82) is 0 Å². The predicted molar refractivity (Wildman–Crippen MR) is 68.8 cm³/mol. The Morgan fingerprint density at radius 1 is 1.28 bits per heavy atom. The van der Waals surface area contributed by atoms with Gasteiger partial charge in [-0.15, -0.1) is 0 Å². The van der Waals surface area contributed by atoms with Gasteiger partial charge in [-0.2, -0.15) is 4.31 Å². The third-order valence-electron chi connectivity index (χ3n) is 3.42. The van der Waals surface area contributed by atoms with Crippen LogP contribution in [-0.4, -0.2) is 30.3 Å². The minimum absolute atomic E-state index is 0.0122. The second kappa shape index (κ2) is 4.85. The molecule has 1 N–H and O–H groups in total. The fraction of sp³-hybridized carbons (Fsp3) is 0.583. The molecule has 6 heteroatoms. The number of hydrogen-bond donors (Lipinski definition) is 1. The van der Waals surface area contributed by atoms with Gasteiger partial charge < -0.3 is 4.98 Å². The Morgan fingerprint density at radius 3 is 2.61 bits per heavy atom. The number of nitrogens with zero attached hydrogens (tertiary/aromatic N) is 1. The molecule has 2 heterocycles. The van der Waals surface area contributed by atoms with E-state index in [1.807, 2.05) is 6.92 Å². The summed E-state index contributed by atoms with van der Waals surface area (Å²) < 4.78 is 26.5. The molecule has 1 saturated heterocycles. The molecule has 18 heavy (non-hydrogen) atoms. The van der Waals surface area contributed by atoms with Crippen LogP contribution >= 0.6 is 0 Å². The van der Waals surface area contributed by atoms with Gasteiger partial charge in [0.25, 0.3) is 0 Å². The summed E-state index contributed by atoms with van der Waals surface area (Å²) in [5.74, 6) is 0.374. The van der Waals surface area contributed by atoms with E-state index in [0.29, 0.717) is 12.5 Å². The van der Waals surface area contributed by atoms with E-state index in [1.165, 1.54) is 22.6 Å². The van der Waals surface area contributed by atoms with Crippen molar-refractivity contribution in [2.24, 2.45) is 5.92 Å². The van der Waals surface area contributed by atoms with Crippen LogP contribution in [0.2, 0.25) is 0 Å². The maximum absolute atomic E-state index is 12.5. The summed E-state index contributed by atoms with van der Waals surface area (Å²) >= 11 is 0. The lowest BCUT2D eigenvalue weighted by Crippen LogP contribution is -2.44. The third-order valence-corrected chi connectivity index (χ3v) is 5.40. The molecule has 1 aliphatic heterocycles. The molecule has 1 aliphatic rings. The molecule has 2 unspecified atom stereocenters. The minimum Gasteiger partial charge on any atom is -0.328 e. The Kier molecular flexibility index (Phi) is 3.59. The van der Waals surface area contributed by atoms with Crippen molar-refractivity contribution in [3.8, 4) is 0 Å². The largest absolute Gasteiger partial charge is 0.328 e. The van der Waals surface area contributed by atoms with Gasteiger partial charge in [-0.1, -0.05) is 6.92 Å². The summed E-state index contributed by atoms with van der Waals surface area (Å²) in [6.07, 6.45) is 3.20. The Balaban J connectivity index is 2.35. The van der Waals surface area contributed by atoms with Crippen molar-refractivity contribution >= 4 is 10.0 Å². The molecule has 0 amide bonds. The number of hydrogen-bond acceptors (Lipinski definition) is 3. The predicted octanol–water partition coefficient (Wildman–Crippen LogP) is 1.18. The lowest BCUT2D eigenvalue weighted by atomic mass is 9.97. The number of rotatable bonds is 2. The molecule has 0 spiro atoms. The van der Waals surface area contributed by atoms with Crippen molar-refractivity contribution in [1.82, 2.24) is 9.29 Å².